The lowest BCUT2D eigenvalue weighted by Gasteiger charge is -2.60. The van der Waals surface area contributed by atoms with Crippen molar-refractivity contribution >= 4 is 29.6 Å². The van der Waals surface area contributed by atoms with Gasteiger partial charge in [-0.15, -0.1) is 10.2 Å². The number of carbonyl (C=O) groups excluding carboxylic acids is 1. The lowest BCUT2D eigenvalue weighted by molar-refractivity contribution is 0.103. The number of fused-ring (bicyclic) bond motifs is 3. The van der Waals surface area contributed by atoms with Gasteiger partial charge in [-0.25, -0.2) is 19.2 Å². The molecule has 3 aliphatic rings. The van der Waals surface area contributed by atoms with Gasteiger partial charge in [0.1, 0.15) is 0 Å². The minimum Gasteiger partial charge on any atom is -0.453 e. The van der Waals surface area contributed by atoms with E-state index in [0.717, 1.165) is 43.4 Å². The number of rotatable bonds is 2. The molecule has 176 valence electrons. The van der Waals surface area contributed by atoms with Crippen LogP contribution >= 0.6 is 11.6 Å². The van der Waals surface area contributed by atoms with E-state index in [9.17, 15) is 9.18 Å². The summed E-state index contributed by atoms with van der Waals surface area (Å²) in [4.78, 5) is 26.5. The standard InChI is InChI=1S/C22H22ClFN8O2/c1-13-18-27-28-20(30-11-22(12-30)9-29(10-22)19-25-6-16(24)7-26-19)32(18)17-4-3-15(23)5-14(17)8-31(13)21(33)34-2/h3-7,13H,8-12H2,1-2H3. The van der Waals surface area contributed by atoms with Gasteiger partial charge in [-0.1, -0.05) is 11.6 Å². The van der Waals surface area contributed by atoms with Gasteiger partial charge >= 0.3 is 6.09 Å². The zero-order valence-corrected chi connectivity index (χ0v) is 19.4. The monoisotopic (exact) mass is 484 g/mol. The molecule has 1 aromatic carbocycles. The third-order valence-corrected chi connectivity index (χ3v) is 7.06. The fourth-order valence-corrected chi connectivity index (χ4v) is 5.37. The molecule has 1 amide bonds. The Balaban J connectivity index is 1.28. The number of anilines is 2. The van der Waals surface area contributed by atoms with Gasteiger partial charge in [0.15, 0.2) is 11.6 Å². The number of nitrogens with zero attached hydrogens (tertiary/aromatic N) is 8. The second-order valence-electron chi connectivity index (χ2n) is 9.15. The first-order valence-electron chi connectivity index (χ1n) is 10.9. The predicted molar refractivity (Wildman–Crippen MR) is 122 cm³/mol. The summed E-state index contributed by atoms with van der Waals surface area (Å²) in [6.45, 7) is 5.48. The highest BCUT2D eigenvalue weighted by atomic mass is 35.5. The van der Waals surface area contributed by atoms with Crippen molar-refractivity contribution in [3.05, 3.63) is 52.8 Å². The maximum atomic E-state index is 13.1. The molecule has 2 fully saturated rings. The molecule has 6 rings (SSSR count). The molecular weight excluding hydrogens is 463 g/mol. The molecule has 2 aromatic heterocycles. The quantitative estimate of drug-likeness (QED) is 0.548. The maximum absolute atomic E-state index is 13.1. The van der Waals surface area contributed by atoms with Crippen molar-refractivity contribution in [2.45, 2.75) is 19.5 Å². The van der Waals surface area contributed by atoms with Crippen LogP contribution in [0.2, 0.25) is 5.02 Å². The van der Waals surface area contributed by atoms with Crippen molar-refractivity contribution in [1.82, 2.24) is 29.6 Å². The van der Waals surface area contributed by atoms with Gasteiger partial charge in [0.2, 0.25) is 11.9 Å². The summed E-state index contributed by atoms with van der Waals surface area (Å²) in [6.07, 6.45) is 1.94. The maximum Gasteiger partial charge on any atom is 0.410 e. The largest absolute Gasteiger partial charge is 0.453 e. The van der Waals surface area contributed by atoms with Crippen LogP contribution in [-0.2, 0) is 11.3 Å². The van der Waals surface area contributed by atoms with Crippen LogP contribution in [0.15, 0.2) is 30.6 Å². The summed E-state index contributed by atoms with van der Waals surface area (Å²) in [5.41, 5.74) is 1.90. The Morgan fingerprint density at radius 3 is 2.56 bits per heavy atom. The van der Waals surface area contributed by atoms with Gasteiger partial charge in [-0.2, -0.15) is 0 Å². The van der Waals surface area contributed by atoms with E-state index in [-0.39, 0.29) is 11.5 Å². The van der Waals surface area contributed by atoms with E-state index in [1.54, 1.807) is 4.90 Å². The molecule has 0 saturated carbocycles. The van der Waals surface area contributed by atoms with Crippen LogP contribution in [0.1, 0.15) is 24.4 Å². The minimum atomic E-state index is -0.442. The fourth-order valence-electron chi connectivity index (χ4n) is 5.17. The van der Waals surface area contributed by atoms with Gasteiger partial charge in [0.05, 0.1) is 37.8 Å². The number of hydrogen-bond acceptors (Lipinski definition) is 8. The molecule has 0 bridgehead atoms. The molecule has 12 heteroatoms. The van der Waals surface area contributed by atoms with Crippen molar-refractivity contribution < 1.29 is 13.9 Å². The van der Waals surface area contributed by atoms with E-state index in [4.69, 9.17) is 16.3 Å². The number of halogens is 2. The number of amides is 1. The van der Waals surface area contributed by atoms with Crippen LogP contribution in [0.5, 0.6) is 0 Å². The van der Waals surface area contributed by atoms with Crippen LogP contribution in [0.25, 0.3) is 5.69 Å². The minimum absolute atomic E-state index is 0.112. The molecule has 1 spiro atoms. The summed E-state index contributed by atoms with van der Waals surface area (Å²) < 4.78 is 20.2. The first-order chi connectivity index (χ1) is 16.4. The SMILES string of the molecule is COC(=O)N1Cc2cc(Cl)ccc2-n2c(nnc2N2CC3(CN(c4ncc(F)cn4)C3)C2)C1C. The molecule has 34 heavy (non-hydrogen) atoms. The Kier molecular flexibility index (Phi) is 4.67. The van der Waals surface area contributed by atoms with Crippen molar-refractivity contribution in [1.29, 1.82) is 0 Å². The summed E-state index contributed by atoms with van der Waals surface area (Å²) in [6, 6.07) is 5.29. The van der Waals surface area contributed by atoms with Crippen LogP contribution in [0, 0.1) is 11.2 Å². The number of ether oxygens (including phenoxy) is 1. The highest BCUT2D eigenvalue weighted by Crippen LogP contribution is 2.44. The molecule has 2 saturated heterocycles. The summed E-state index contributed by atoms with van der Waals surface area (Å²) in [5.74, 6) is 1.50. The molecule has 1 atom stereocenters. The van der Waals surface area contributed by atoms with Gasteiger partial charge in [0, 0.05) is 36.6 Å². The average molecular weight is 485 g/mol. The third kappa shape index (κ3) is 3.17. The number of hydrogen-bond donors (Lipinski definition) is 0. The van der Waals surface area contributed by atoms with Crippen molar-refractivity contribution in [2.75, 3.05) is 43.1 Å². The lowest BCUT2D eigenvalue weighted by atomic mass is 9.73. The predicted octanol–water partition coefficient (Wildman–Crippen LogP) is 2.82. The van der Waals surface area contributed by atoms with Crippen molar-refractivity contribution in [3.63, 3.8) is 0 Å². The normalized spacial score (nSPS) is 20.2. The van der Waals surface area contributed by atoms with E-state index >= 15 is 0 Å². The zero-order chi connectivity index (χ0) is 23.6. The molecule has 5 heterocycles. The molecule has 0 radical (unpaired) electrons. The summed E-state index contributed by atoms with van der Waals surface area (Å²) in [5, 5.41) is 9.58. The molecule has 10 nitrogen and oxygen atoms in total. The van der Waals surface area contributed by atoms with E-state index < -0.39 is 11.9 Å². The number of benzene rings is 1. The Hall–Kier alpha value is -3.47. The lowest BCUT2D eigenvalue weighted by Crippen LogP contribution is -2.73. The van der Waals surface area contributed by atoms with Crippen LogP contribution in [0.3, 0.4) is 0 Å². The van der Waals surface area contributed by atoms with E-state index in [1.165, 1.54) is 19.5 Å². The molecule has 0 aliphatic carbocycles. The molecule has 0 N–H and O–H groups in total. The summed E-state index contributed by atoms with van der Waals surface area (Å²) >= 11 is 6.28. The Labute approximate surface area is 199 Å². The Morgan fingerprint density at radius 1 is 1.15 bits per heavy atom. The van der Waals surface area contributed by atoms with Crippen LogP contribution < -0.4 is 9.80 Å². The molecular formula is C22H22ClFN8O2. The first kappa shape index (κ1) is 21.1. The highest BCUT2D eigenvalue weighted by molar-refractivity contribution is 6.30. The van der Waals surface area contributed by atoms with Gasteiger partial charge in [0.25, 0.3) is 0 Å². The van der Waals surface area contributed by atoms with Gasteiger partial charge in [-0.3, -0.25) is 9.47 Å². The number of methoxy groups -OCH3 is 1. The van der Waals surface area contributed by atoms with Crippen LogP contribution in [0.4, 0.5) is 21.1 Å². The van der Waals surface area contributed by atoms with Gasteiger partial charge in [-0.05, 0) is 30.7 Å². The number of aromatic nitrogens is 5. The second kappa shape index (κ2) is 7.52. The fraction of sp³-hybridized carbons (Fsp3) is 0.409. The Bertz CT molecular complexity index is 1270. The molecule has 3 aromatic rings. The van der Waals surface area contributed by atoms with Crippen LogP contribution in [-0.4, -0.2) is 69.0 Å². The second-order valence-corrected chi connectivity index (χ2v) is 9.59. The van der Waals surface area contributed by atoms with Gasteiger partial charge < -0.3 is 14.5 Å². The topological polar surface area (TPSA) is 92.5 Å². The van der Waals surface area contributed by atoms with Crippen molar-refractivity contribution in [3.8, 4) is 5.69 Å². The smallest absolute Gasteiger partial charge is 0.410 e. The van der Waals surface area contributed by atoms with E-state index in [0.29, 0.717) is 23.3 Å². The molecule has 1 unspecified atom stereocenters. The average Bonchev–Trinajstić information content (AvgIpc) is 3.15. The highest BCUT2D eigenvalue weighted by Gasteiger charge is 2.54. The number of carbonyl (C=O) groups is 1. The first-order valence-corrected chi connectivity index (χ1v) is 11.3. The molecule has 3 aliphatic heterocycles. The van der Waals surface area contributed by atoms with Crippen molar-refractivity contribution in [2.24, 2.45) is 5.41 Å². The zero-order valence-electron chi connectivity index (χ0n) is 18.6. The summed E-state index contributed by atoms with van der Waals surface area (Å²) in [7, 11) is 1.37. The van der Waals surface area contributed by atoms with E-state index in [2.05, 4.69) is 30.0 Å². The Morgan fingerprint density at radius 2 is 1.85 bits per heavy atom. The van der Waals surface area contributed by atoms with E-state index in [1.807, 2.05) is 29.7 Å². The third-order valence-electron chi connectivity index (χ3n) is 6.82.